The maximum Gasteiger partial charge on any atom is 0.224 e. The third-order valence-corrected chi connectivity index (χ3v) is 5.86. The van der Waals surface area contributed by atoms with Crippen LogP contribution in [0.3, 0.4) is 0 Å². The molecule has 0 amide bonds. The van der Waals surface area contributed by atoms with Crippen LogP contribution < -0.4 is 10.2 Å². The minimum absolute atomic E-state index is 0.338. The number of hydrogen-bond donors (Lipinski definition) is 2. The highest BCUT2D eigenvalue weighted by Gasteiger charge is 2.24. The summed E-state index contributed by atoms with van der Waals surface area (Å²) in [5.74, 6) is 2.11. The molecule has 0 saturated carbocycles. The molecule has 28 heavy (non-hydrogen) atoms. The van der Waals surface area contributed by atoms with Crippen LogP contribution in [0.1, 0.15) is 44.1 Å². The smallest absolute Gasteiger partial charge is 0.224 e. The van der Waals surface area contributed by atoms with E-state index in [0.717, 1.165) is 50.1 Å². The number of rotatable bonds is 6. The second-order valence-electron chi connectivity index (χ2n) is 7.96. The lowest BCUT2D eigenvalue weighted by Crippen LogP contribution is -2.34. The lowest BCUT2D eigenvalue weighted by Gasteiger charge is -2.25. The quantitative estimate of drug-likeness (QED) is 0.796. The summed E-state index contributed by atoms with van der Waals surface area (Å²) >= 11 is 0. The summed E-state index contributed by atoms with van der Waals surface area (Å²) in [5.41, 5.74) is 1.16. The van der Waals surface area contributed by atoms with Crippen molar-refractivity contribution < 1.29 is 5.11 Å². The Kier molecular flexibility index (Phi) is 6.27. The van der Waals surface area contributed by atoms with Crippen molar-refractivity contribution in [1.29, 1.82) is 0 Å². The molecule has 0 spiro atoms. The molecule has 2 aliphatic rings. The van der Waals surface area contributed by atoms with Crippen LogP contribution in [-0.2, 0) is 6.54 Å². The van der Waals surface area contributed by atoms with Crippen molar-refractivity contribution in [3.05, 3.63) is 42.1 Å². The van der Waals surface area contributed by atoms with Crippen molar-refractivity contribution in [3.8, 4) is 5.75 Å². The number of aromatic nitrogens is 2. The number of hydrogen-bond acceptors (Lipinski definition) is 6. The monoisotopic (exact) mass is 381 g/mol. The number of phenolic OH excluding ortho intramolecular Hbond substituents is 1. The zero-order chi connectivity index (χ0) is 19.2. The van der Waals surface area contributed by atoms with Gasteiger partial charge in [-0.15, -0.1) is 0 Å². The van der Waals surface area contributed by atoms with Gasteiger partial charge in [-0.3, -0.25) is 4.90 Å². The third kappa shape index (κ3) is 4.93. The first-order chi connectivity index (χ1) is 13.8. The van der Waals surface area contributed by atoms with Crippen molar-refractivity contribution in [2.45, 2.75) is 51.1 Å². The third-order valence-electron chi connectivity index (χ3n) is 5.86. The molecule has 1 atom stereocenters. The summed E-state index contributed by atoms with van der Waals surface area (Å²) < 4.78 is 0. The standard InChI is InChI=1S/C22H31N5O/c28-20-9-5-7-18(15-20)17-27-14-6-8-19(27)16-24-22-23-11-10-21(25-22)26-12-3-1-2-4-13-26/h5,7,9-11,15,19,28H,1-4,6,8,12-14,16-17H2,(H,23,24,25). The molecule has 2 saturated heterocycles. The van der Waals surface area contributed by atoms with Crippen LogP contribution in [0.25, 0.3) is 0 Å². The van der Waals surface area contributed by atoms with Gasteiger partial charge in [0, 0.05) is 38.4 Å². The summed E-state index contributed by atoms with van der Waals surface area (Å²) in [5, 5.41) is 13.2. The van der Waals surface area contributed by atoms with Crippen LogP contribution in [0, 0.1) is 0 Å². The van der Waals surface area contributed by atoms with E-state index in [2.05, 4.69) is 26.2 Å². The number of aromatic hydroxyl groups is 1. The Morgan fingerprint density at radius 1 is 1.04 bits per heavy atom. The van der Waals surface area contributed by atoms with Gasteiger partial charge in [-0.05, 0) is 56.0 Å². The molecule has 0 radical (unpaired) electrons. The number of benzene rings is 1. The van der Waals surface area contributed by atoms with Crippen LogP contribution in [-0.4, -0.2) is 52.2 Å². The highest BCUT2D eigenvalue weighted by molar-refractivity contribution is 5.42. The van der Waals surface area contributed by atoms with E-state index in [9.17, 15) is 5.11 Å². The van der Waals surface area contributed by atoms with E-state index in [1.54, 1.807) is 6.07 Å². The molecule has 2 N–H and O–H groups in total. The number of nitrogens with zero attached hydrogens (tertiary/aromatic N) is 4. The SMILES string of the molecule is Oc1cccc(CN2CCCC2CNc2nccc(N3CCCCCC3)n2)c1. The van der Waals surface area contributed by atoms with E-state index in [1.165, 1.54) is 38.5 Å². The van der Waals surface area contributed by atoms with Gasteiger partial charge >= 0.3 is 0 Å². The van der Waals surface area contributed by atoms with Gasteiger partial charge in [0.1, 0.15) is 11.6 Å². The molecule has 3 heterocycles. The topological polar surface area (TPSA) is 64.5 Å². The molecule has 2 aromatic rings. The van der Waals surface area contributed by atoms with Gasteiger partial charge in [-0.1, -0.05) is 25.0 Å². The molecule has 0 bridgehead atoms. The Morgan fingerprint density at radius 3 is 2.71 bits per heavy atom. The van der Waals surface area contributed by atoms with Crippen LogP contribution in [0.2, 0.25) is 0 Å². The molecule has 0 aliphatic carbocycles. The minimum atomic E-state index is 0.338. The second kappa shape index (κ2) is 9.24. The minimum Gasteiger partial charge on any atom is -0.508 e. The highest BCUT2D eigenvalue weighted by atomic mass is 16.3. The number of nitrogens with one attached hydrogen (secondary N) is 1. The molecule has 2 fully saturated rings. The zero-order valence-electron chi connectivity index (χ0n) is 16.6. The molecule has 1 unspecified atom stereocenters. The maximum absolute atomic E-state index is 9.70. The molecular formula is C22H31N5O. The van der Waals surface area contributed by atoms with Crippen LogP contribution >= 0.6 is 0 Å². The van der Waals surface area contributed by atoms with Crippen LogP contribution in [0.5, 0.6) is 5.75 Å². The average molecular weight is 382 g/mol. The fourth-order valence-electron chi connectivity index (χ4n) is 4.34. The molecule has 4 rings (SSSR count). The number of likely N-dealkylation sites (tertiary alicyclic amines) is 1. The maximum atomic E-state index is 9.70. The molecule has 2 aliphatic heterocycles. The summed E-state index contributed by atoms with van der Waals surface area (Å²) in [6, 6.07) is 10.1. The molecule has 6 nitrogen and oxygen atoms in total. The van der Waals surface area contributed by atoms with E-state index in [-0.39, 0.29) is 0 Å². The van der Waals surface area contributed by atoms with Crippen molar-refractivity contribution in [2.75, 3.05) is 36.4 Å². The molecule has 6 heteroatoms. The van der Waals surface area contributed by atoms with Gasteiger partial charge in [0.15, 0.2) is 0 Å². The largest absolute Gasteiger partial charge is 0.508 e. The van der Waals surface area contributed by atoms with E-state index in [1.807, 2.05) is 24.4 Å². The highest BCUT2D eigenvalue weighted by Crippen LogP contribution is 2.22. The van der Waals surface area contributed by atoms with Gasteiger partial charge < -0.3 is 15.3 Å². The molecular weight excluding hydrogens is 350 g/mol. The van der Waals surface area contributed by atoms with E-state index >= 15 is 0 Å². The van der Waals surface area contributed by atoms with Gasteiger partial charge in [-0.2, -0.15) is 4.98 Å². The van der Waals surface area contributed by atoms with Gasteiger partial charge in [0.05, 0.1) is 0 Å². The van der Waals surface area contributed by atoms with E-state index in [0.29, 0.717) is 11.8 Å². The van der Waals surface area contributed by atoms with Gasteiger partial charge in [-0.25, -0.2) is 4.98 Å². The van der Waals surface area contributed by atoms with E-state index in [4.69, 9.17) is 4.98 Å². The first-order valence-electron chi connectivity index (χ1n) is 10.6. The van der Waals surface area contributed by atoms with Crippen molar-refractivity contribution in [3.63, 3.8) is 0 Å². The van der Waals surface area contributed by atoms with Gasteiger partial charge in [0.25, 0.3) is 0 Å². The van der Waals surface area contributed by atoms with Crippen molar-refractivity contribution >= 4 is 11.8 Å². The van der Waals surface area contributed by atoms with Gasteiger partial charge in [0.2, 0.25) is 5.95 Å². The molecule has 150 valence electrons. The molecule has 1 aromatic carbocycles. The number of anilines is 2. The molecule has 1 aromatic heterocycles. The Morgan fingerprint density at radius 2 is 1.89 bits per heavy atom. The Bertz CT molecular complexity index is 760. The lowest BCUT2D eigenvalue weighted by molar-refractivity contribution is 0.253. The zero-order valence-corrected chi connectivity index (χ0v) is 16.6. The summed E-state index contributed by atoms with van der Waals surface area (Å²) in [7, 11) is 0. The fourth-order valence-corrected chi connectivity index (χ4v) is 4.34. The van der Waals surface area contributed by atoms with Crippen molar-refractivity contribution in [2.24, 2.45) is 0 Å². The van der Waals surface area contributed by atoms with Crippen LogP contribution in [0.15, 0.2) is 36.5 Å². The van der Waals surface area contributed by atoms with Crippen molar-refractivity contribution in [1.82, 2.24) is 14.9 Å². The summed E-state index contributed by atoms with van der Waals surface area (Å²) in [4.78, 5) is 14.1. The second-order valence-corrected chi connectivity index (χ2v) is 7.96. The Labute approximate surface area is 167 Å². The Balaban J connectivity index is 1.35. The summed E-state index contributed by atoms with van der Waals surface area (Å²) in [6.45, 7) is 5.00. The first kappa shape index (κ1) is 19.0. The van der Waals surface area contributed by atoms with E-state index < -0.39 is 0 Å². The predicted octanol–water partition coefficient (Wildman–Crippen LogP) is 3.64. The summed E-state index contributed by atoms with van der Waals surface area (Å²) in [6.07, 6.45) is 9.40. The fraction of sp³-hybridized carbons (Fsp3) is 0.545. The normalized spacial score (nSPS) is 20.9. The lowest BCUT2D eigenvalue weighted by atomic mass is 10.1. The first-order valence-corrected chi connectivity index (χ1v) is 10.6. The predicted molar refractivity (Wildman–Crippen MR) is 113 cm³/mol. The van der Waals surface area contributed by atoms with Crippen LogP contribution in [0.4, 0.5) is 11.8 Å². The Hall–Kier alpha value is -2.34. The average Bonchev–Trinajstić information content (AvgIpc) is 2.97. The number of phenols is 1.